The van der Waals surface area contributed by atoms with Crippen molar-refractivity contribution in [3.8, 4) is 6.07 Å². The van der Waals surface area contributed by atoms with Crippen molar-refractivity contribution in [2.75, 3.05) is 6.54 Å². The van der Waals surface area contributed by atoms with E-state index in [1.54, 1.807) is 0 Å². The van der Waals surface area contributed by atoms with E-state index in [1.807, 2.05) is 18.2 Å². The fourth-order valence-electron chi connectivity index (χ4n) is 2.69. The lowest BCUT2D eigenvalue weighted by Gasteiger charge is -2.27. The highest BCUT2D eigenvalue weighted by atomic mass is 16.3. The van der Waals surface area contributed by atoms with E-state index in [9.17, 15) is 5.11 Å². The molecule has 0 saturated heterocycles. The Hall–Kier alpha value is -1.37. The highest BCUT2D eigenvalue weighted by Crippen LogP contribution is 2.24. The van der Waals surface area contributed by atoms with Gasteiger partial charge in [-0.1, -0.05) is 12.1 Å². The van der Waals surface area contributed by atoms with Crippen molar-refractivity contribution in [1.29, 1.82) is 5.26 Å². The van der Waals surface area contributed by atoms with Gasteiger partial charge in [-0.15, -0.1) is 0 Å². The minimum absolute atomic E-state index is 0.0824. The monoisotopic (exact) mass is 258 g/mol. The van der Waals surface area contributed by atoms with Gasteiger partial charge in [0, 0.05) is 6.04 Å². The van der Waals surface area contributed by atoms with Gasteiger partial charge >= 0.3 is 0 Å². The lowest BCUT2D eigenvalue weighted by Crippen LogP contribution is -2.29. The highest BCUT2D eigenvalue weighted by molar-refractivity contribution is 5.33. The van der Waals surface area contributed by atoms with Gasteiger partial charge in [0.25, 0.3) is 0 Å². The summed E-state index contributed by atoms with van der Waals surface area (Å²) in [6, 6.07) is 10.2. The van der Waals surface area contributed by atoms with E-state index in [2.05, 4.69) is 24.4 Å². The molecule has 0 heterocycles. The molecule has 1 aliphatic rings. The molecule has 1 unspecified atom stereocenters. The summed E-state index contributed by atoms with van der Waals surface area (Å²) in [5.74, 6) is 0.671. The Morgan fingerprint density at radius 2 is 2.11 bits per heavy atom. The van der Waals surface area contributed by atoms with Crippen LogP contribution in [-0.2, 0) is 0 Å². The van der Waals surface area contributed by atoms with E-state index in [0.29, 0.717) is 11.5 Å². The number of aliphatic hydroxyl groups excluding tert-OH is 1. The first-order valence-electron chi connectivity index (χ1n) is 7.10. The minimum Gasteiger partial charge on any atom is -0.393 e. The summed E-state index contributed by atoms with van der Waals surface area (Å²) >= 11 is 0. The Kier molecular flexibility index (Phi) is 4.95. The summed E-state index contributed by atoms with van der Waals surface area (Å²) < 4.78 is 0. The van der Waals surface area contributed by atoms with Crippen LogP contribution in [0.1, 0.15) is 49.8 Å². The third kappa shape index (κ3) is 4.05. The minimum atomic E-state index is -0.0824. The number of rotatable bonds is 4. The summed E-state index contributed by atoms with van der Waals surface area (Å²) in [6.07, 6.45) is 4.01. The molecule has 2 rings (SSSR count). The topological polar surface area (TPSA) is 56.0 Å². The zero-order valence-corrected chi connectivity index (χ0v) is 11.5. The molecular weight excluding hydrogens is 236 g/mol. The second-order valence-electron chi connectivity index (χ2n) is 5.54. The number of hydrogen-bond acceptors (Lipinski definition) is 3. The van der Waals surface area contributed by atoms with Gasteiger partial charge < -0.3 is 10.4 Å². The van der Waals surface area contributed by atoms with Crippen LogP contribution in [0.25, 0.3) is 0 Å². The Balaban J connectivity index is 1.84. The molecule has 0 aromatic heterocycles. The number of nitriles is 1. The lowest BCUT2D eigenvalue weighted by atomic mass is 9.87. The van der Waals surface area contributed by atoms with E-state index < -0.39 is 0 Å². The van der Waals surface area contributed by atoms with Crippen molar-refractivity contribution in [2.45, 2.75) is 44.8 Å². The van der Waals surface area contributed by atoms with E-state index in [1.165, 1.54) is 0 Å². The maximum atomic E-state index is 9.49. The Morgan fingerprint density at radius 3 is 2.79 bits per heavy atom. The van der Waals surface area contributed by atoms with Crippen LogP contribution in [0, 0.1) is 17.2 Å². The molecular formula is C16H22N2O. The molecule has 102 valence electrons. The molecule has 2 N–H and O–H groups in total. The number of hydrogen-bond donors (Lipinski definition) is 2. The van der Waals surface area contributed by atoms with Crippen molar-refractivity contribution in [2.24, 2.45) is 5.92 Å². The molecule has 1 atom stereocenters. The van der Waals surface area contributed by atoms with Crippen LogP contribution >= 0.6 is 0 Å². The zero-order chi connectivity index (χ0) is 13.7. The summed E-state index contributed by atoms with van der Waals surface area (Å²) in [5.41, 5.74) is 1.88. The van der Waals surface area contributed by atoms with Crippen LogP contribution in [0.2, 0.25) is 0 Å². The standard InChI is InChI=1S/C16H22N2O/c1-12(15-4-2-3-14(9-15)10-17)18-11-13-5-7-16(19)8-6-13/h2-4,9,12-13,16,18-19H,5-8,11H2,1H3. The Labute approximate surface area is 115 Å². The van der Waals surface area contributed by atoms with Crippen molar-refractivity contribution in [3.63, 3.8) is 0 Å². The summed E-state index contributed by atoms with van der Waals surface area (Å²) in [5, 5.41) is 21.9. The van der Waals surface area contributed by atoms with Crippen LogP contribution in [0.3, 0.4) is 0 Å². The SMILES string of the molecule is CC(NCC1CCC(O)CC1)c1cccc(C#N)c1. The van der Waals surface area contributed by atoms with E-state index >= 15 is 0 Å². The molecule has 1 saturated carbocycles. The smallest absolute Gasteiger partial charge is 0.0991 e. The molecule has 1 aromatic carbocycles. The van der Waals surface area contributed by atoms with E-state index in [4.69, 9.17) is 5.26 Å². The fraction of sp³-hybridized carbons (Fsp3) is 0.562. The summed E-state index contributed by atoms with van der Waals surface area (Å²) in [7, 11) is 0. The van der Waals surface area contributed by atoms with Crippen molar-refractivity contribution in [1.82, 2.24) is 5.32 Å². The average Bonchev–Trinajstić information content (AvgIpc) is 2.46. The van der Waals surface area contributed by atoms with Crippen LogP contribution < -0.4 is 5.32 Å². The third-order valence-electron chi connectivity index (χ3n) is 4.04. The Morgan fingerprint density at radius 1 is 1.37 bits per heavy atom. The van der Waals surface area contributed by atoms with Gasteiger partial charge in [-0.05, 0) is 62.8 Å². The summed E-state index contributed by atoms with van der Waals surface area (Å²) in [6.45, 7) is 3.12. The average molecular weight is 258 g/mol. The van der Waals surface area contributed by atoms with Gasteiger partial charge in [-0.2, -0.15) is 5.26 Å². The number of aliphatic hydroxyl groups is 1. The first-order valence-corrected chi connectivity index (χ1v) is 7.10. The summed E-state index contributed by atoms with van der Waals surface area (Å²) in [4.78, 5) is 0. The molecule has 3 heteroatoms. The zero-order valence-electron chi connectivity index (χ0n) is 11.5. The lowest BCUT2D eigenvalue weighted by molar-refractivity contribution is 0.108. The molecule has 0 spiro atoms. The largest absolute Gasteiger partial charge is 0.393 e. The van der Waals surface area contributed by atoms with Crippen LogP contribution in [-0.4, -0.2) is 17.8 Å². The number of nitrogens with zero attached hydrogens (tertiary/aromatic N) is 1. The van der Waals surface area contributed by atoms with E-state index in [-0.39, 0.29) is 12.1 Å². The van der Waals surface area contributed by atoms with Crippen molar-refractivity contribution < 1.29 is 5.11 Å². The van der Waals surface area contributed by atoms with Crippen molar-refractivity contribution >= 4 is 0 Å². The van der Waals surface area contributed by atoms with Crippen LogP contribution in [0.4, 0.5) is 0 Å². The Bertz CT molecular complexity index is 444. The predicted molar refractivity (Wildman–Crippen MR) is 75.5 cm³/mol. The second-order valence-corrected chi connectivity index (χ2v) is 5.54. The molecule has 0 aliphatic heterocycles. The molecule has 1 aromatic rings. The first kappa shape index (κ1) is 14.0. The van der Waals surface area contributed by atoms with Crippen LogP contribution in [0.5, 0.6) is 0 Å². The van der Waals surface area contributed by atoms with Crippen molar-refractivity contribution in [3.05, 3.63) is 35.4 Å². The van der Waals surface area contributed by atoms with Gasteiger partial charge in [-0.25, -0.2) is 0 Å². The molecule has 0 radical (unpaired) electrons. The van der Waals surface area contributed by atoms with Gasteiger partial charge in [0.2, 0.25) is 0 Å². The van der Waals surface area contributed by atoms with Gasteiger partial charge in [0.1, 0.15) is 0 Å². The maximum Gasteiger partial charge on any atom is 0.0991 e. The second kappa shape index (κ2) is 6.70. The molecule has 3 nitrogen and oxygen atoms in total. The fourth-order valence-corrected chi connectivity index (χ4v) is 2.69. The quantitative estimate of drug-likeness (QED) is 0.873. The van der Waals surface area contributed by atoms with Crippen LogP contribution in [0.15, 0.2) is 24.3 Å². The molecule has 19 heavy (non-hydrogen) atoms. The first-order chi connectivity index (χ1) is 9.19. The molecule has 0 amide bonds. The molecule has 1 fully saturated rings. The highest BCUT2D eigenvalue weighted by Gasteiger charge is 2.19. The van der Waals surface area contributed by atoms with Gasteiger partial charge in [0.05, 0.1) is 17.7 Å². The normalized spacial score (nSPS) is 24.7. The number of benzene rings is 1. The molecule has 1 aliphatic carbocycles. The predicted octanol–water partition coefficient (Wildman–Crippen LogP) is 2.76. The van der Waals surface area contributed by atoms with Gasteiger partial charge in [0.15, 0.2) is 0 Å². The van der Waals surface area contributed by atoms with E-state index in [0.717, 1.165) is 37.8 Å². The van der Waals surface area contributed by atoms with Gasteiger partial charge in [-0.3, -0.25) is 0 Å². The molecule has 0 bridgehead atoms. The number of nitrogens with one attached hydrogen (secondary N) is 1. The third-order valence-corrected chi connectivity index (χ3v) is 4.04. The maximum absolute atomic E-state index is 9.49.